The third kappa shape index (κ3) is 4.28. The Hall–Kier alpha value is -2.44. The second-order valence-electron chi connectivity index (χ2n) is 6.09. The number of rotatable bonds is 5. The van der Waals surface area contributed by atoms with E-state index in [1.807, 2.05) is 19.0 Å². The van der Waals surface area contributed by atoms with E-state index in [1.165, 1.54) is 12.1 Å². The molecule has 3 rings (SSSR count). The second-order valence-corrected chi connectivity index (χ2v) is 6.88. The minimum atomic E-state index is -0.565. The van der Waals surface area contributed by atoms with Gasteiger partial charge in [-0.15, -0.1) is 0 Å². The Balaban J connectivity index is 1.85. The fourth-order valence-electron chi connectivity index (χ4n) is 2.52. The number of hydrogen-bond donors (Lipinski definition) is 0. The van der Waals surface area contributed by atoms with Gasteiger partial charge in [0.1, 0.15) is 17.7 Å². The first-order valence-corrected chi connectivity index (χ1v) is 8.87. The molecule has 0 unspecified atom stereocenters. The Morgan fingerprint density at radius 1 is 1.04 bits per heavy atom. The number of pyridine rings is 1. The number of anilines is 1. The van der Waals surface area contributed by atoms with Gasteiger partial charge in [-0.05, 0) is 25.1 Å². The van der Waals surface area contributed by atoms with E-state index in [-0.39, 0.29) is 5.02 Å². The van der Waals surface area contributed by atoms with Crippen molar-refractivity contribution in [2.45, 2.75) is 13.0 Å². The van der Waals surface area contributed by atoms with E-state index < -0.39 is 11.9 Å². The summed E-state index contributed by atoms with van der Waals surface area (Å²) in [4.78, 5) is 14.6. The maximum Gasteiger partial charge on any atom is 0.224 e. The third-order valence-corrected chi connectivity index (χ3v) is 4.60. The van der Waals surface area contributed by atoms with Crippen molar-refractivity contribution in [2.75, 3.05) is 19.0 Å². The number of ether oxygens (including phenoxy) is 1. The molecule has 140 valence electrons. The molecule has 0 aliphatic heterocycles. The second kappa shape index (κ2) is 8.06. The van der Waals surface area contributed by atoms with Gasteiger partial charge >= 0.3 is 0 Å². The first-order chi connectivity index (χ1) is 12.9. The highest BCUT2D eigenvalue weighted by Crippen LogP contribution is 2.35. The van der Waals surface area contributed by atoms with Gasteiger partial charge in [-0.3, -0.25) is 4.98 Å². The van der Waals surface area contributed by atoms with Crippen LogP contribution in [0.25, 0.3) is 11.1 Å². The van der Waals surface area contributed by atoms with Crippen molar-refractivity contribution >= 4 is 29.2 Å². The topological polar surface area (TPSA) is 51.1 Å². The molecular weight excluding hydrogens is 390 g/mol. The van der Waals surface area contributed by atoms with E-state index in [1.54, 1.807) is 37.8 Å². The predicted molar refractivity (Wildman–Crippen MR) is 105 cm³/mol. The fourth-order valence-corrected chi connectivity index (χ4v) is 3.20. The maximum absolute atomic E-state index is 13.8. The van der Waals surface area contributed by atoms with E-state index in [9.17, 15) is 4.39 Å². The molecule has 0 fully saturated rings. The van der Waals surface area contributed by atoms with Crippen molar-refractivity contribution in [3.8, 4) is 16.9 Å². The Bertz CT molecular complexity index is 951. The molecule has 0 aliphatic rings. The lowest BCUT2D eigenvalue weighted by Crippen LogP contribution is -2.12. The smallest absolute Gasteiger partial charge is 0.224 e. The van der Waals surface area contributed by atoms with E-state index in [0.717, 1.165) is 11.1 Å². The number of aromatic nitrogens is 3. The van der Waals surface area contributed by atoms with Gasteiger partial charge in [-0.25, -0.2) is 14.4 Å². The maximum atomic E-state index is 13.8. The minimum Gasteiger partial charge on any atom is -0.484 e. The summed E-state index contributed by atoms with van der Waals surface area (Å²) in [6.45, 7) is 1.74. The van der Waals surface area contributed by atoms with Gasteiger partial charge in [0.05, 0.1) is 11.2 Å². The monoisotopic (exact) mass is 406 g/mol. The zero-order valence-corrected chi connectivity index (χ0v) is 16.5. The van der Waals surface area contributed by atoms with Gasteiger partial charge in [-0.2, -0.15) is 0 Å². The van der Waals surface area contributed by atoms with Crippen molar-refractivity contribution in [3.05, 3.63) is 64.4 Å². The predicted octanol–water partition coefficient (Wildman–Crippen LogP) is 5.19. The van der Waals surface area contributed by atoms with Crippen LogP contribution in [0.15, 0.2) is 43.0 Å². The molecule has 0 aliphatic carbocycles. The summed E-state index contributed by atoms with van der Waals surface area (Å²) in [6, 6.07) is 4.48. The molecule has 0 amide bonds. The minimum absolute atomic E-state index is 0.0493. The number of hydrogen-bond acceptors (Lipinski definition) is 5. The van der Waals surface area contributed by atoms with Crippen molar-refractivity contribution < 1.29 is 9.13 Å². The first kappa shape index (κ1) is 19.3. The molecule has 1 atom stereocenters. The summed E-state index contributed by atoms with van der Waals surface area (Å²) in [5, 5.41) is 0.289. The zero-order valence-electron chi connectivity index (χ0n) is 14.9. The highest BCUT2D eigenvalue weighted by molar-refractivity contribution is 6.36. The molecule has 1 aromatic carbocycles. The number of halogens is 3. The number of benzene rings is 1. The molecule has 27 heavy (non-hydrogen) atoms. The van der Waals surface area contributed by atoms with E-state index in [2.05, 4.69) is 15.0 Å². The van der Waals surface area contributed by atoms with Crippen molar-refractivity contribution in [1.29, 1.82) is 0 Å². The molecule has 8 heteroatoms. The third-order valence-electron chi connectivity index (χ3n) is 3.88. The molecule has 0 bridgehead atoms. The molecule has 0 N–H and O–H groups in total. The summed E-state index contributed by atoms with van der Waals surface area (Å²) < 4.78 is 19.7. The van der Waals surface area contributed by atoms with Crippen LogP contribution in [-0.4, -0.2) is 29.0 Å². The van der Waals surface area contributed by atoms with Crippen LogP contribution in [0, 0.1) is 5.82 Å². The highest BCUT2D eigenvalue weighted by Gasteiger charge is 2.19. The fraction of sp³-hybridized carbons (Fsp3) is 0.211. The van der Waals surface area contributed by atoms with E-state index in [4.69, 9.17) is 27.9 Å². The molecule has 0 spiro atoms. The Morgan fingerprint density at radius 3 is 2.41 bits per heavy atom. The SMILES string of the molecule is C[C@H](Oc1cncc(-c2cnc(N(C)C)nc2)c1)c1c(Cl)ccc(F)c1Cl. The zero-order chi connectivity index (χ0) is 19.6. The summed E-state index contributed by atoms with van der Waals surface area (Å²) in [5.74, 6) is 0.563. The lowest BCUT2D eigenvalue weighted by atomic mass is 10.1. The van der Waals surface area contributed by atoms with Crippen LogP contribution < -0.4 is 9.64 Å². The standard InChI is InChI=1S/C19H17Cl2FN4O/c1-11(17-15(20)4-5-16(22)18(17)21)27-14-6-12(7-23-10-14)13-8-24-19(25-9-13)26(2)3/h4-11H,1-3H3/t11-/m0/s1. The number of nitrogens with zero attached hydrogens (tertiary/aromatic N) is 4. The molecule has 3 aromatic rings. The van der Waals surface area contributed by atoms with Crippen LogP contribution in [0.2, 0.25) is 10.0 Å². The van der Waals surface area contributed by atoms with Gasteiger partial charge in [0.2, 0.25) is 5.95 Å². The summed E-state index contributed by atoms with van der Waals surface area (Å²) in [6.07, 6.45) is 6.12. The van der Waals surface area contributed by atoms with Crippen molar-refractivity contribution in [1.82, 2.24) is 15.0 Å². The quantitative estimate of drug-likeness (QED) is 0.545. The van der Waals surface area contributed by atoms with Crippen LogP contribution in [-0.2, 0) is 0 Å². The molecule has 2 aromatic heterocycles. The van der Waals surface area contributed by atoms with Crippen LogP contribution in [0.5, 0.6) is 5.75 Å². The highest BCUT2D eigenvalue weighted by atomic mass is 35.5. The van der Waals surface area contributed by atoms with Gasteiger partial charge in [0.25, 0.3) is 0 Å². The molecule has 2 heterocycles. The van der Waals surface area contributed by atoms with Gasteiger partial charge in [-0.1, -0.05) is 23.2 Å². The Labute approximate surface area is 166 Å². The van der Waals surface area contributed by atoms with Crippen LogP contribution >= 0.6 is 23.2 Å². The van der Waals surface area contributed by atoms with Gasteiger partial charge in [0.15, 0.2) is 0 Å². The van der Waals surface area contributed by atoms with E-state index >= 15 is 0 Å². The first-order valence-electron chi connectivity index (χ1n) is 8.11. The lowest BCUT2D eigenvalue weighted by Gasteiger charge is -2.18. The largest absolute Gasteiger partial charge is 0.484 e. The lowest BCUT2D eigenvalue weighted by molar-refractivity contribution is 0.226. The molecular formula is C19H17Cl2FN4O. The van der Waals surface area contributed by atoms with E-state index in [0.29, 0.717) is 22.3 Å². The van der Waals surface area contributed by atoms with Crippen LogP contribution in [0.1, 0.15) is 18.6 Å². The average molecular weight is 407 g/mol. The molecule has 0 saturated carbocycles. The van der Waals surface area contributed by atoms with Crippen LogP contribution in [0.4, 0.5) is 10.3 Å². The van der Waals surface area contributed by atoms with Gasteiger partial charge in [0, 0.05) is 54.4 Å². The van der Waals surface area contributed by atoms with Gasteiger partial charge < -0.3 is 9.64 Å². The molecule has 5 nitrogen and oxygen atoms in total. The molecule has 0 radical (unpaired) electrons. The normalized spacial score (nSPS) is 11.9. The summed E-state index contributed by atoms with van der Waals surface area (Å²) in [7, 11) is 3.74. The Kier molecular flexibility index (Phi) is 5.77. The summed E-state index contributed by atoms with van der Waals surface area (Å²) >= 11 is 12.2. The van der Waals surface area contributed by atoms with Crippen molar-refractivity contribution in [3.63, 3.8) is 0 Å². The Morgan fingerprint density at radius 2 is 1.74 bits per heavy atom. The molecule has 0 saturated heterocycles. The van der Waals surface area contributed by atoms with Crippen molar-refractivity contribution in [2.24, 2.45) is 0 Å². The van der Waals surface area contributed by atoms with Crippen LogP contribution in [0.3, 0.4) is 0 Å². The summed E-state index contributed by atoms with van der Waals surface area (Å²) in [5.41, 5.74) is 1.98. The average Bonchev–Trinajstić information content (AvgIpc) is 2.65.